The van der Waals surface area contributed by atoms with Gasteiger partial charge < -0.3 is 0 Å². The first-order valence-electron chi connectivity index (χ1n) is 23.5. The second-order valence-electron chi connectivity index (χ2n) is 19.2. The molecular weight excluding hydrogens is 757 g/mol. The van der Waals surface area contributed by atoms with Gasteiger partial charge in [-0.15, -0.1) is 0 Å². The van der Waals surface area contributed by atoms with Gasteiger partial charge in [0.05, 0.1) is 0 Å². The van der Waals surface area contributed by atoms with Crippen LogP contribution in [0.1, 0.15) is 101 Å². The van der Waals surface area contributed by atoms with E-state index >= 15 is 0 Å². The summed E-state index contributed by atoms with van der Waals surface area (Å²) in [4.78, 5) is 0. The van der Waals surface area contributed by atoms with Crippen molar-refractivity contribution in [3.05, 3.63) is 203 Å². The minimum Gasteiger partial charge on any atom is -0.0642 e. The lowest BCUT2D eigenvalue weighted by atomic mass is 9.71. The maximum atomic E-state index is 2.66. The van der Waals surface area contributed by atoms with E-state index in [4.69, 9.17) is 0 Å². The molecule has 0 atom stereocenters. The van der Waals surface area contributed by atoms with E-state index in [0.717, 1.165) is 25.7 Å². The van der Waals surface area contributed by atoms with Gasteiger partial charge in [-0.1, -0.05) is 181 Å². The molecule has 63 heavy (non-hydrogen) atoms. The van der Waals surface area contributed by atoms with Gasteiger partial charge in [0.2, 0.25) is 0 Å². The van der Waals surface area contributed by atoms with Crippen LogP contribution in [0.3, 0.4) is 0 Å². The number of hydrogen-bond acceptors (Lipinski definition) is 0. The van der Waals surface area contributed by atoms with E-state index in [1.807, 2.05) is 0 Å². The van der Waals surface area contributed by atoms with Crippen LogP contribution in [-0.4, -0.2) is 0 Å². The summed E-state index contributed by atoms with van der Waals surface area (Å²) in [6, 6.07) is 65.6. The first-order chi connectivity index (χ1) is 30.8. The van der Waals surface area contributed by atoms with Gasteiger partial charge in [0, 0.05) is 16.2 Å². The van der Waals surface area contributed by atoms with Crippen LogP contribution in [0, 0.1) is 0 Å². The fourth-order valence-electron chi connectivity index (χ4n) is 13.1. The topological polar surface area (TPSA) is 0 Å². The molecule has 9 aromatic rings. The largest absolute Gasteiger partial charge is 0.0642 e. The Kier molecular flexibility index (Phi) is 8.34. The third-order valence-electron chi connectivity index (χ3n) is 16.5. The van der Waals surface area contributed by atoms with Gasteiger partial charge in [-0.2, -0.15) is 0 Å². The van der Waals surface area contributed by atoms with Crippen LogP contribution in [0.15, 0.2) is 170 Å². The number of benzene rings is 9. The van der Waals surface area contributed by atoms with Crippen LogP contribution in [0.4, 0.5) is 0 Å². The third kappa shape index (κ3) is 5.04. The Balaban J connectivity index is 1.18. The van der Waals surface area contributed by atoms with Crippen molar-refractivity contribution in [2.45, 2.75) is 83.5 Å². The molecule has 0 amide bonds. The van der Waals surface area contributed by atoms with E-state index in [1.165, 1.54) is 122 Å². The molecule has 0 saturated heterocycles. The van der Waals surface area contributed by atoms with Crippen LogP contribution >= 0.6 is 0 Å². The molecule has 0 N–H and O–H groups in total. The predicted octanol–water partition coefficient (Wildman–Crippen LogP) is 17.5. The Bertz CT molecular complexity index is 3330. The number of rotatable bonds is 7. The normalized spacial score (nSPS) is 15.5. The molecule has 0 nitrogen and oxygen atoms in total. The first-order valence-corrected chi connectivity index (χ1v) is 23.5. The average molecular weight is 811 g/mol. The molecule has 0 spiro atoms. The fourth-order valence-corrected chi connectivity index (χ4v) is 13.1. The molecule has 0 unspecified atom stereocenters. The van der Waals surface area contributed by atoms with Gasteiger partial charge in [0.1, 0.15) is 0 Å². The van der Waals surface area contributed by atoms with Crippen LogP contribution in [-0.2, 0) is 16.2 Å². The van der Waals surface area contributed by atoms with E-state index in [1.54, 1.807) is 0 Å². The van der Waals surface area contributed by atoms with Crippen molar-refractivity contribution in [1.29, 1.82) is 0 Å². The van der Waals surface area contributed by atoms with Crippen molar-refractivity contribution in [2.24, 2.45) is 0 Å². The molecule has 0 aromatic heterocycles. The Hall–Kier alpha value is -6.50. The molecule has 9 aromatic carbocycles. The highest BCUT2D eigenvalue weighted by molar-refractivity contribution is 6.22. The summed E-state index contributed by atoms with van der Waals surface area (Å²) in [6.07, 6.45) is 4.27. The molecule has 0 heterocycles. The predicted molar refractivity (Wildman–Crippen MR) is 269 cm³/mol. The second kappa shape index (κ2) is 13.7. The molecule has 0 radical (unpaired) electrons. The van der Waals surface area contributed by atoms with Crippen molar-refractivity contribution in [2.75, 3.05) is 0 Å². The van der Waals surface area contributed by atoms with Crippen molar-refractivity contribution < 1.29 is 0 Å². The van der Waals surface area contributed by atoms with E-state index in [9.17, 15) is 0 Å². The molecule has 3 aliphatic rings. The van der Waals surface area contributed by atoms with E-state index < -0.39 is 0 Å². The monoisotopic (exact) mass is 810 g/mol. The summed E-state index contributed by atoms with van der Waals surface area (Å²) in [7, 11) is 0. The van der Waals surface area contributed by atoms with Gasteiger partial charge in [0.25, 0.3) is 0 Å². The second-order valence-corrected chi connectivity index (χ2v) is 19.2. The summed E-state index contributed by atoms with van der Waals surface area (Å²) < 4.78 is 0. The van der Waals surface area contributed by atoms with Gasteiger partial charge in [-0.3, -0.25) is 0 Å². The van der Waals surface area contributed by atoms with Crippen LogP contribution in [0.5, 0.6) is 0 Å². The zero-order chi connectivity index (χ0) is 42.8. The molecule has 306 valence electrons. The van der Waals surface area contributed by atoms with Gasteiger partial charge in [0.15, 0.2) is 0 Å². The standard InChI is InChI=1S/C63H54/c1-7-62(8-2)54-27-19-17-23-44(54)49-36-57-50(37-56(49)62)48-35-51-52(38-58(48)63(57,9-3)10-4)59(41-30-28-40(29-31-41)39-20-12-11-13-21-39)46-24-14-15-25-47(46)60(51)42-32-33-45-43-22-16-18-26-53(43)61(5,6)55(45)34-42/h11-38H,7-10H2,1-6H3. The number of hydrogen-bond donors (Lipinski definition) is 0. The third-order valence-corrected chi connectivity index (χ3v) is 16.5. The zero-order valence-corrected chi connectivity index (χ0v) is 37.5. The van der Waals surface area contributed by atoms with E-state index in [2.05, 4.69) is 211 Å². The van der Waals surface area contributed by atoms with Crippen LogP contribution < -0.4 is 0 Å². The number of fused-ring (bicyclic) bond motifs is 11. The van der Waals surface area contributed by atoms with Crippen molar-refractivity contribution in [1.82, 2.24) is 0 Å². The van der Waals surface area contributed by atoms with Crippen molar-refractivity contribution in [3.63, 3.8) is 0 Å². The van der Waals surface area contributed by atoms with Crippen LogP contribution in [0.2, 0.25) is 0 Å². The SMILES string of the molecule is CCC1(CC)c2ccccc2-c2cc3c(cc21)-c1cc2c(-c4ccc5c(c4)C(C)(C)c4ccccc4-5)c4ccccc4c(-c4ccc(-c5ccccc5)cc4)c2cc1C3(CC)CC. The molecule has 0 fully saturated rings. The summed E-state index contributed by atoms with van der Waals surface area (Å²) >= 11 is 0. The van der Waals surface area contributed by atoms with Gasteiger partial charge >= 0.3 is 0 Å². The highest BCUT2D eigenvalue weighted by Crippen LogP contribution is 2.61. The first kappa shape index (κ1) is 38.2. The summed E-state index contributed by atoms with van der Waals surface area (Å²) in [6.45, 7) is 14.5. The Labute approximate surface area is 373 Å². The minimum atomic E-state index is -0.101. The maximum Gasteiger partial charge on any atom is 0.0210 e. The highest BCUT2D eigenvalue weighted by atomic mass is 14.5. The fraction of sp³-hybridized carbons (Fsp3) is 0.206. The molecule has 3 aliphatic carbocycles. The summed E-state index contributed by atoms with van der Waals surface area (Å²) in [5.74, 6) is 0. The Morgan fingerprint density at radius 3 is 1.37 bits per heavy atom. The van der Waals surface area contributed by atoms with Gasteiger partial charge in [-0.05, 0) is 178 Å². The average Bonchev–Trinajstić information content (AvgIpc) is 3.86. The zero-order valence-electron chi connectivity index (χ0n) is 37.5. The highest BCUT2D eigenvalue weighted by Gasteiger charge is 2.46. The smallest absolute Gasteiger partial charge is 0.0210 e. The summed E-state index contributed by atoms with van der Waals surface area (Å²) in [5.41, 5.74) is 24.8. The molecule has 0 heteroatoms. The Morgan fingerprint density at radius 2 is 0.714 bits per heavy atom. The Morgan fingerprint density at radius 1 is 0.286 bits per heavy atom. The van der Waals surface area contributed by atoms with Gasteiger partial charge in [-0.25, -0.2) is 0 Å². The molecule has 0 saturated carbocycles. The van der Waals surface area contributed by atoms with Crippen molar-refractivity contribution in [3.8, 4) is 66.8 Å². The van der Waals surface area contributed by atoms with E-state index in [-0.39, 0.29) is 16.2 Å². The molecular formula is C63H54. The minimum absolute atomic E-state index is 0.0108. The van der Waals surface area contributed by atoms with Crippen molar-refractivity contribution >= 4 is 21.5 Å². The molecule has 12 rings (SSSR count). The summed E-state index contributed by atoms with van der Waals surface area (Å²) in [5, 5.41) is 5.27. The molecule has 0 bridgehead atoms. The lowest BCUT2D eigenvalue weighted by molar-refractivity contribution is 0.485. The lowest BCUT2D eigenvalue weighted by Crippen LogP contribution is -2.24. The van der Waals surface area contributed by atoms with E-state index in [0.29, 0.717) is 0 Å². The van der Waals surface area contributed by atoms with Crippen LogP contribution in [0.25, 0.3) is 88.3 Å². The maximum absolute atomic E-state index is 2.66. The molecule has 0 aliphatic heterocycles. The lowest BCUT2D eigenvalue weighted by Gasteiger charge is -2.32. The quantitative estimate of drug-likeness (QED) is 0.141.